The molecule has 0 aliphatic heterocycles. The Morgan fingerprint density at radius 1 is 1.25 bits per heavy atom. The van der Waals surface area contributed by atoms with Crippen molar-refractivity contribution in [3.8, 4) is 5.75 Å². The molecule has 104 valence electrons. The summed E-state index contributed by atoms with van der Waals surface area (Å²) >= 11 is 0. The van der Waals surface area contributed by atoms with Gasteiger partial charge in [0.1, 0.15) is 11.8 Å². The van der Waals surface area contributed by atoms with E-state index in [0.29, 0.717) is 5.75 Å². The van der Waals surface area contributed by atoms with Crippen molar-refractivity contribution < 1.29 is 9.53 Å². The number of carbonyl (C=O) groups excluding carboxylic acids is 1. The Morgan fingerprint density at radius 2 is 1.95 bits per heavy atom. The van der Waals surface area contributed by atoms with Crippen LogP contribution in [0, 0.1) is 5.92 Å². The van der Waals surface area contributed by atoms with E-state index in [-0.39, 0.29) is 17.9 Å². The second-order valence-corrected chi connectivity index (χ2v) is 4.99. The summed E-state index contributed by atoms with van der Waals surface area (Å²) < 4.78 is 5.46. The molecule has 0 bridgehead atoms. The molecule has 0 heterocycles. The molecule has 20 heavy (non-hydrogen) atoms. The number of hydrogen-bond donors (Lipinski definition) is 0. The van der Waals surface area contributed by atoms with E-state index in [1.165, 1.54) is 0 Å². The van der Waals surface area contributed by atoms with Crippen molar-refractivity contribution in [1.29, 1.82) is 0 Å². The van der Waals surface area contributed by atoms with E-state index in [2.05, 4.69) is 6.58 Å². The minimum atomic E-state index is -0.385. The van der Waals surface area contributed by atoms with Crippen LogP contribution in [0.5, 0.6) is 5.75 Å². The van der Waals surface area contributed by atoms with E-state index >= 15 is 0 Å². The fourth-order valence-corrected chi connectivity index (χ4v) is 2.25. The number of allylic oxidation sites excluding steroid dienone is 3. The Balaban J connectivity index is 2.16. The second-order valence-electron chi connectivity index (χ2n) is 4.99. The number of para-hydroxylation sites is 1. The smallest absolute Gasteiger partial charge is 0.329 e. The maximum Gasteiger partial charge on any atom is 0.329 e. The van der Waals surface area contributed by atoms with Crippen LogP contribution in [0.4, 0.5) is 0 Å². The van der Waals surface area contributed by atoms with Crippen LogP contribution in [0.1, 0.15) is 0 Å². The molecule has 0 saturated carbocycles. The molecule has 1 aliphatic carbocycles. The van der Waals surface area contributed by atoms with Gasteiger partial charge in [-0.05, 0) is 31.8 Å². The Labute approximate surface area is 119 Å². The van der Waals surface area contributed by atoms with Gasteiger partial charge in [0.25, 0.3) is 0 Å². The topological polar surface area (TPSA) is 29.5 Å². The summed E-state index contributed by atoms with van der Waals surface area (Å²) in [5, 5.41) is 0. The molecular formula is C17H19NO2. The first-order chi connectivity index (χ1) is 9.59. The van der Waals surface area contributed by atoms with Gasteiger partial charge >= 0.3 is 5.97 Å². The van der Waals surface area contributed by atoms with Gasteiger partial charge in [-0.3, -0.25) is 4.90 Å². The molecule has 0 N–H and O–H groups in total. The third kappa shape index (κ3) is 3.25. The average Bonchev–Trinajstić information content (AvgIpc) is 2.42. The molecular weight excluding hydrogens is 250 g/mol. The largest absolute Gasteiger partial charge is 0.425 e. The number of hydrogen-bond acceptors (Lipinski definition) is 3. The van der Waals surface area contributed by atoms with Gasteiger partial charge < -0.3 is 4.74 Å². The summed E-state index contributed by atoms with van der Waals surface area (Å²) in [6, 6.07) is 8.73. The molecule has 1 aromatic rings. The number of likely N-dealkylation sites (N-methyl/N-ethyl adjacent to an activating group) is 1. The zero-order chi connectivity index (χ0) is 14.5. The van der Waals surface area contributed by atoms with Crippen LogP contribution in [-0.4, -0.2) is 31.0 Å². The molecule has 0 amide bonds. The van der Waals surface area contributed by atoms with E-state index in [1.807, 2.05) is 61.5 Å². The van der Waals surface area contributed by atoms with Gasteiger partial charge in [-0.15, -0.1) is 0 Å². The van der Waals surface area contributed by atoms with E-state index in [9.17, 15) is 4.79 Å². The maximum atomic E-state index is 12.4. The Morgan fingerprint density at radius 3 is 2.55 bits per heavy atom. The molecule has 1 aliphatic rings. The summed E-state index contributed by atoms with van der Waals surface area (Å²) in [6.07, 6.45) is 7.77. The van der Waals surface area contributed by atoms with Gasteiger partial charge in [-0.2, -0.15) is 0 Å². The molecule has 3 heteroatoms. The zero-order valence-electron chi connectivity index (χ0n) is 11.8. The van der Waals surface area contributed by atoms with Crippen molar-refractivity contribution >= 4 is 5.97 Å². The predicted molar refractivity (Wildman–Crippen MR) is 80.5 cm³/mol. The van der Waals surface area contributed by atoms with Crippen molar-refractivity contribution in [2.24, 2.45) is 5.92 Å². The number of esters is 1. The normalized spacial score (nSPS) is 19.1. The van der Waals surface area contributed by atoms with Crippen LogP contribution < -0.4 is 4.74 Å². The minimum absolute atomic E-state index is 0.0637. The monoisotopic (exact) mass is 269 g/mol. The van der Waals surface area contributed by atoms with Crippen molar-refractivity contribution in [2.45, 2.75) is 6.04 Å². The van der Waals surface area contributed by atoms with Crippen molar-refractivity contribution in [3.05, 3.63) is 66.8 Å². The standard InChI is InChI=1S/C17H19NO2/c1-13-9-7-8-12-15(13)16(18(2)3)17(19)20-14-10-5-4-6-11-14/h4-12,15-16H,1H2,2-3H3. The van der Waals surface area contributed by atoms with Crippen LogP contribution in [0.15, 0.2) is 66.8 Å². The van der Waals surface area contributed by atoms with Gasteiger partial charge in [-0.1, -0.05) is 49.1 Å². The van der Waals surface area contributed by atoms with E-state index in [4.69, 9.17) is 4.74 Å². The summed E-state index contributed by atoms with van der Waals surface area (Å²) in [7, 11) is 3.74. The number of rotatable bonds is 4. The third-order valence-corrected chi connectivity index (χ3v) is 3.27. The molecule has 0 saturated heterocycles. The van der Waals surface area contributed by atoms with E-state index in [1.54, 1.807) is 12.1 Å². The number of nitrogens with zero attached hydrogens (tertiary/aromatic N) is 1. The lowest BCUT2D eigenvalue weighted by Gasteiger charge is -2.30. The van der Waals surface area contributed by atoms with Crippen LogP contribution in [0.25, 0.3) is 0 Å². The molecule has 2 rings (SSSR count). The lowest BCUT2D eigenvalue weighted by Crippen LogP contribution is -2.44. The maximum absolute atomic E-state index is 12.4. The number of ether oxygens (including phenoxy) is 1. The van der Waals surface area contributed by atoms with Gasteiger partial charge in [0.2, 0.25) is 0 Å². The molecule has 0 fully saturated rings. The van der Waals surface area contributed by atoms with Gasteiger partial charge in [-0.25, -0.2) is 4.79 Å². The van der Waals surface area contributed by atoms with Crippen molar-refractivity contribution in [3.63, 3.8) is 0 Å². The molecule has 2 unspecified atom stereocenters. The fourth-order valence-electron chi connectivity index (χ4n) is 2.25. The first kappa shape index (κ1) is 14.3. The molecule has 3 nitrogen and oxygen atoms in total. The lowest BCUT2D eigenvalue weighted by molar-refractivity contribution is -0.140. The lowest BCUT2D eigenvalue weighted by atomic mass is 9.88. The number of benzene rings is 1. The Kier molecular flexibility index (Phi) is 4.53. The molecule has 0 aromatic heterocycles. The van der Waals surface area contributed by atoms with Gasteiger partial charge in [0.15, 0.2) is 0 Å². The summed E-state index contributed by atoms with van der Waals surface area (Å²) in [4.78, 5) is 14.3. The van der Waals surface area contributed by atoms with Crippen LogP contribution in [-0.2, 0) is 4.79 Å². The third-order valence-electron chi connectivity index (χ3n) is 3.27. The molecule has 2 atom stereocenters. The van der Waals surface area contributed by atoms with Gasteiger partial charge in [0, 0.05) is 5.92 Å². The predicted octanol–water partition coefficient (Wildman–Crippen LogP) is 2.82. The molecule has 0 radical (unpaired) electrons. The summed E-state index contributed by atoms with van der Waals surface area (Å²) in [5.74, 6) is 0.226. The second kappa shape index (κ2) is 6.35. The Bertz CT molecular complexity index is 543. The van der Waals surface area contributed by atoms with Crippen molar-refractivity contribution in [2.75, 3.05) is 14.1 Å². The van der Waals surface area contributed by atoms with E-state index in [0.717, 1.165) is 5.57 Å². The SMILES string of the molecule is C=C1C=CC=CC1C(C(=O)Oc1ccccc1)N(C)C. The average molecular weight is 269 g/mol. The van der Waals surface area contributed by atoms with Crippen LogP contribution in [0.2, 0.25) is 0 Å². The minimum Gasteiger partial charge on any atom is -0.425 e. The van der Waals surface area contributed by atoms with Crippen molar-refractivity contribution in [1.82, 2.24) is 4.90 Å². The highest BCUT2D eigenvalue weighted by molar-refractivity contribution is 5.79. The molecule has 1 aromatic carbocycles. The quantitative estimate of drug-likeness (QED) is 0.622. The first-order valence-corrected chi connectivity index (χ1v) is 6.56. The highest BCUT2D eigenvalue weighted by Gasteiger charge is 2.32. The van der Waals surface area contributed by atoms with Crippen LogP contribution in [0.3, 0.4) is 0 Å². The first-order valence-electron chi connectivity index (χ1n) is 6.56. The van der Waals surface area contributed by atoms with E-state index < -0.39 is 0 Å². The number of carbonyl (C=O) groups is 1. The highest BCUT2D eigenvalue weighted by atomic mass is 16.5. The summed E-state index contributed by atoms with van der Waals surface area (Å²) in [6.45, 7) is 4.02. The highest BCUT2D eigenvalue weighted by Crippen LogP contribution is 2.25. The summed E-state index contributed by atoms with van der Waals surface area (Å²) in [5.41, 5.74) is 0.913. The van der Waals surface area contributed by atoms with Gasteiger partial charge in [0.05, 0.1) is 0 Å². The Hall–Kier alpha value is -2.13. The van der Waals surface area contributed by atoms with Crippen LogP contribution >= 0.6 is 0 Å². The fraction of sp³-hybridized carbons (Fsp3) is 0.235. The molecule has 0 spiro atoms. The zero-order valence-corrected chi connectivity index (χ0v) is 11.8.